The van der Waals surface area contributed by atoms with E-state index in [1.165, 1.54) is 0 Å². The zero-order valence-electron chi connectivity index (χ0n) is 10.5. The molecule has 2 rings (SSSR count). The van der Waals surface area contributed by atoms with Gasteiger partial charge >= 0.3 is 0 Å². The highest BCUT2D eigenvalue weighted by atomic mass is 79.9. The van der Waals surface area contributed by atoms with E-state index in [2.05, 4.69) is 21.2 Å². The van der Waals surface area contributed by atoms with Crippen LogP contribution in [0, 0.1) is 12.8 Å². The summed E-state index contributed by atoms with van der Waals surface area (Å²) in [5.74, 6) is 0.439. The first-order valence-corrected chi connectivity index (χ1v) is 7.08. The number of halogens is 1. The second-order valence-electron chi connectivity index (χ2n) is 4.80. The Bertz CT molecular complexity index is 428. The molecule has 1 aliphatic heterocycles. The Morgan fingerprint density at radius 3 is 3.06 bits per heavy atom. The molecule has 1 aromatic rings. The fourth-order valence-corrected chi connectivity index (χ4v) is 2.49. The first-order valence-electron chi connectivity index (χ1n) is 6.29. The third-order valence-electron chi connectivity index (χ3n) is 3.18. The van der Waals surface area contributed by atoms with E-state index < -0.39 is 0 Å². The topological polar surface area (TPSA) is 38.3 Å². The number of benzene rings is 1. The Labute approximate surface area is 116 Å². The first kappa shape index (κ1) is 13.6. The van der Waals surface area contributed by atoms with Crippen molar-refractivity contribution >= 4 is 27.5 Å². The van der Waals surface area contributed by atoms with Crippen LogP contribution in [0.4, 0.5) is 5.69 Å². The Morgan fingerprint density at radius 1 is 1.56 bits per heavy atom. The number of nitrogens with one attached hydrogen (secondary N) is 1. The quantitative estimate of drug-likeness (QED) is 0.927. The van der Waals surface area contributed by atoms with E-state index >= 15 is 0 Å². The number of aryl methyl sites for hydroxylation is 1. The summed E-state index contributed by atoms with van der Waals surface area (Å²) < 4.78 is 6.40. The minimum atomic E-state index is 0.0706. The van der Waals surface area contributed by atoms with Gasteiger partial charge in [0, 0.05) is 29.8 Å². The Kier molecular flexibility index (Phi) is 4.78. The molecule has 0 aliphatic carbocycles. The lowest BCUT2D eigenvalue weighted by Gasteiger charge is -2.21. The van der Waals surface area contributed by atoms with Crippen LogP contribution >= 0.6 is 15.9 Å². The summed E-state index contributed by atoms with van der Waals surface area (Å²) >= 11 is 3.46. The monoisotopic (exact) mass is 311 g/mol. The molecule has 18 heavy (non-hydrogen) atoms. The van der Waals surface area contributed by atoms with Gasteiger partial charge in [-0.3, -0.25) is 4.79 Å². The minimum Gasteiger partial charge on any atom is -0.381 e. The summed E-state index contributed by atoms with van der Waals surface area (Å²) in [5.41, 5.74) is 2.00. The molecule has 0 bridgehead atoms. The lowest BCUT2D eigenvalue weighted by atomic mass is 9.98. The Morgan fingerprint density at radius 2 is 2.39 bits per heavy atom. The molecule has 1 aromatic carbocycles. The molecule has 0 spiro atoms. The Hall–Kier alpha value is -0.870. The predicted molar refractivity (Wildman–Crippen MR) is 75.7 cm³/mol. The summed E-state index contributed by atoms with van der Waals surface area (Å²) in [4.78, 5) is 11.9. The number of hydrogen-bond donors (Lipinski definition) is 1. The van der Waals surface area contributed by atoms with E-state index in [4.69, 9.17) is 4.74 Å². The average molecular weight is 312 g/mol. The third-order valence-corrected chi connectivity index (χ3v) is 4.04. The van der Waals surface area contributed by atoms with Crippen molar-refractivity contribution in [2.45, 2.75) is 26.2 Å². The van der Waals surface area contributed by atoms with Gasteiger partial charge in [-0.25, -0.2) is 0 Å². The van der Waals surface area contributed by atoms with Crippen molar-refractivity contribution in [3.8, 4) is 0 Å². The van der Waals surface area contributed by atoms with Gasteiger partial charge in [-0.05, 0) is 43.4 Å². The summed E-state index contributed by atoms with van der Waals surface area (Å²) in [7, 11) is 0. The van der Waals surface area contributed by atoms with Gasteiger partial charge in [-0.15, -0.1) is 0 Å². The van der Waals surface area contributed by atoms with E-state index in [-0.39, 0.29) is 5.91 Å². The van der Waals surface area contributed by atoms with E-state index in [0.717, 1.165) is 35.2 Å². The minimum absolute atomic E-state index is 0.0706. The van der Waals surface area contributed by atoms with Gasteiger partial charge in [0.2, 0.25) is 5.91 Å². The van der Waals surface area contributed by atoms with Gasteiger partial charge in [-0.1, -0.05) is 22.0 Å². The molecule has 98 valence electrons. The number of rotatable bonds is 3. The lowest BCUT2D eigenvalue weighted by molar-refractivity contribution is -0.118. The van der Waals surface area contributed by atoms with Crippen molar-refractivity contribution in [2.24, 2.45) is 5.92 Å². The Balaban J connectivity index is 1.88. The van der Waals surface area contributed by atoms with Crippen molar-refractivity contribution in [2.75, 3.05) is 18.5 Å². The molecule has 4 heteroatoms. The van der Waals surface area contributed by atoms with Crippen LogP contribution in [0.25, 0.3) is 0 Å². The van der Waals surface area contributed by atoms with Crippen molar-refractivity contribution < 1.29 is 9.53 Å². The smallest absolute Gasteiger partial charge is 0.224 e. The fourth-order valence-electron chi connectivity index (χ4n) is 2.11. The molecule has 0 saturated carbocycles. The van der Waals surface area contributed by atoms with Crippen molar-refractivity contribution in [3.05, 3.63) is 28.2 Å². The van der Waals surface area contributed by atoms with Crippen LogP contribution in [0.2, 0.25) is 0 Å². The van der Waals surface area contributed by atoms with Gasteiger partial charge in [0.1, 0.15) is 0 Å². The molecule has 3 nitrogen and oxygen atoms in total. The van der Waals surface area contributed by atoms with Gasteiger partial charge in [-0.2, -0.15) is 0 Å². The molecule has 1 aliphatic rings. The van der Waals surface area contributed by atoms with Crippen molar-refractivity contribution in [3.63, 3.8) is 0 Å². The third kappa shape index (κ3) is 3.82. The summed E-state index contributed by atoms with van der Waals surface area (Å²) in [5, 5.41) is 2.93. The molecule has 1 atom stereocenters. The van der Waals surface area contributed by atoms with E-state index in [1.807, 2.05) is 25.1 Å². The van der Waals surface area contributed by atoms with Crippen molar-refractivity contribution in [1.29, 1.82) is 0 Å². The van der Waals surface area contributed by atoms with E-state index in [0.29, 0.717) is 18.9 Å². The van der Waals surface area contributed by atoms with Crippen LogP contribution in [0.1, 0.15) is 24.8 Å². The van der Waals surface area contributed by atoms with Crippen molar-refractivity contribution in [1.82, 2.24) is 0 Å². The van der Waals surface area contributed by atoms with Gasteiger partial charge in [0.25, 0.3) is 0 Å². The number of hydrogen-bond acceptors (Lipinski definition) is 2. The van der Waals surface area contributed by atoms with Gasteiger partial charge in [0.15, 0.2) is 0 Å². The SMILES string of the molecule is Cc1ccc(NC(=O)CC2CCCOC2)cc1Br. The van der Waals surface area contributed by atoms with Gasteiger partial charge < -0.3 is 10.1 Å². The maximum absolute atomic E-state index is 11.9. The normalized spacial score (nSPS) is 19.6. The highest BCUT2D eigenvalue weighted by molar-refractivity contribution is 9.10. The fraction of sp³-hybridized carbons (Fsp3) is 0.500. The highest BCUT2D eigenvalue weighted by Gasteiger charge is 2.17. The second kappa shape index (κ2) is 6.34. The van der Waals surface area contributed by atoms with Crippen LogP contribution in [-0.4, -0.2) is 19.1 Å². The highest BCUT2D eigenvalue weighted by Crippen LogP contribution is 2.22. The van der Waals surface area contributed by atoms with Crippen LogP contribution in [0.5, 0.6) is 0 Å². The largest absolute Gasteiger partial charge is 0.381 e. The molecular formula is C14H18BrNO2. The van der Waals surface area contributed by atoms with Crippen LogP contribution < -0.4 is 5.32 Å². The number of amides is 1. The molecule has 1 amide bonds. The van der Waals surface area contributed by atoms with Crippen LogP contribution in [0.15, 0.2) is 22.7 Å². The summed E-state index contributed by atoms with van der Waals surface area (Å²) in [6.45, 7) is 3.57. The second-order valence-corrected chi connectivity index (χ2v) is 5.65. The first-order chi connectivity index (χ1) is 8.65. The number of ether oxygens (including phenoxy) is 1. The van der Waals surface area contributed by atoms with Gasteiger partial charge in [0.05, 0.1) is 0 Å². The molecule has 1 heterocycles. The molecule has 0 aromatic heterocycles. The summed E-state index contributed by atoms with van der Waals surface area (Å²) in [6.07, 6.45) is 2.70. The molecule has 1 saturated heterocycles. The number of carbonyl (C=O) groups is 1. The van der Waals surface area contributed by atoms with Crippen LogP contribution in [-0.2, 0) is 9.53 Å². The standard InChI is InChI=1S/C14H18BrNO2/c1-10-4-5-12(8-13(10)15)16-14(17)7-11-3-2-6-18-9-11/h4-5,8,11H,2-3,6-7,9H2,1H3,(H,16,17). The number of carbonyl (C=O) groups excluding carboxylic acids is 1. The zero-order valence-corrected chi connectivity index (χ0v) is 12.1. The lowest BCUT2D eigenvalue weighted by Crippen LogP contribution is -2.23. The van der Waals surface area contributed by atoms with E-state index in [9.17, 15) is 4.79 Å². The van der Waals surface area contributed by atoms with E-state index in [1.54, 1.807) is 0 Å². The average Bonchev–Trinajstić information content (AvgIpc) is 2.35. The predicted octanol–water partition coefficient (Wildman–Crippen LogP) is 3.51. The molecule has 1 fully saturated rings. The number of anilines is 1. The maximum Gasteiger partial charge on any atom is 0.224 e. The molecule has 0 radical (unpaired) electrons. The molecule has 1 unspecified atom stereocenters. The maximum atomic E-state index is 11.9. The zero-order chi connectivity index (χ0) is 13.0. The molecular weight excluding hydrogens is 294 g/mol. The molecule has 1 N–H and O–H groups in total. The van der Waals surface area contributed by atoms with Crippen LogP contribution in [0.3, 0.4) is 0 Å². The summed E-state index contributed by atoms with van der Waals surface area (Å²) in [6, 6.07) is 5.85.